The van der Waals surface area contributed by atoms with Crippen LogP contribution in [0.25, 0.3) is 0 Å². The maximum absolute atomic E-state index is 5.11. The van der Waals surface area contributed by atoms with Gasteiger partial charge in [-0.3, -0.25) is 4.99 Å². The smallest absolute Gasteiger partial charge is 0.185 e. The van der Waals surface area contributed by atoms with E-state index in [-0.39, 0.29) is 5.96 Å². The molecule has 0 radical (unpaired) electrons. The van der Waals surface area contributed by atoms with Crippen molar-refractivity contribution in [1.29, 1.82) is 0 Å². The van der Waals surface area contributed by atoms with Crippen LogP contribution in [0.15, 0.2) is 4.99 Å². The first-order valence-corrected chi connectivity index (χ1v) is 5.13. The van der Waals surface area contributed by atoms with Gasteiger partial charge in [0.15, 0.2) is 5.96 Å². The van der Waals surface area contributed by atoms with E-state index in [1.54, 1.807) is 10.8 Å². The van der Waals surface area contributed by atoms with Crippen LogP contribution in [-0.2, 0) is 0 Å². The minimum absolute atomic E-state index is 0.179. The molecular weight excluding hydrogens is 166 g/mol. The minimum atomic E-state index is 0.179. The highest BCUT2D eigenvalue weighted by Crippen LogP contribution is 2.07. The van der Waals surface area contributed by atoms with Crippen molar-refractivity contribution in [2.24, 2.45) is 16.5 Å². The molecule has 5 heteroatoms. The fourth-order valence-corrected chi connectivity index (χ4v) is 1.21. The largest absolute Gasteiger partial charge is 0.370 e. The van der Waals surface area contributed by atoms with Crippen LogP contribution in [0.5, 0.6) is 0 Å². The molecule has 10 heavy (non-hydrogen) atoms. The second-order valence-corrected chi connectivity index (χ2v) is 3.29. The van der Waals surface area contributed by atoms with Crippen LogP contribution >= 0.6 is 22.5 Å². The van der Waals surface area contributed by atoms with E-state index in [0.717, 1.165) is 25.1 Å². The molecule has 0 amide bonds. The first-order valence-electron chi connectivity index (χ1n) is 3.09. The number of aliphatic imine (C=N–C) groups is 1. The van der Waals surface area contributed by atoms with Crippen LogP contribution in [0, 0.1) is 0 Å². The van der Waals surface area contributed by atoms with Gasteiger partial charge in [0.05, 0.1) is 0 Å². The van der Waals surface area contributed by atoms with Crippen LogP contribution in [0.4, 0.5) is 0 Å². The van der Waals surface area contributed by atoms with Crippen molar-refractivity contribution in [3.8, 4) is 0 Å². The molecule has 60 valence electrons. The summed E-state index contributed by atoms with van der Waals surface area (Å²) in [5.74, 6) is 1.24. The summed E-state index contributed by atoms with van der Waals surface area (Å²) in [4.78, 5) is 3.83. The van der Waals surface area contributed by atoms with E-state index in [4.69, 9.17) is 11.5 Å². The highest BCUT2D eigenvalue weighted by Gasteiger charge is 1.85. The molecule has 0 saturated carbocycles. The Hall–Kier alpha value is -0.0300. The third-order valence-corrected chi connectivity index (χ3v) is 1.96. The molecule has 0 aromatic heterocycles. The Bertz CT molecular complexity index is 101. The molecule has 0 unspecified atom stereocenters. The van der Waals surface area contributed by atoms with Crippen LogP contribution in [0.2, 0.25) is 0 Å². The Morgan fingerprint density at radius 3 is 2.60 bits per heavy atom. The van der Waals surface area contributed by atoms with Crippen LogP contribution in [-0.4, -0.2) is 18.3 Å². The van der Waals surface area contributed by atoms with Crippen molar-refractivity contribution in [2.75, 3.05) is 12.3 Å². The van der Waals surface area contributed by atoms with Crippen LogP contribution < -0.4 is 11.5 Å². The number of nitrogens with zero attached hydrogens (tertiary/aromatic N) is 1. The van der Waals surface area contributed by atoms with Crippen LogP contribution in [0.1, 0.15) is 12.8 Å². The zero-order valence-electron chi connectivity index (χ0n) is 5.79. The lowest BCUT2D eigenvalue weighted by molar-refractivity contribution is 0.815. The lowest BCUT2D eigenvalue weighted by atomic mass is 10.3. The van der Waals surface area contributed by atoms with Gasteiger partial charge in [-0.1, -0.05) is 10.8 Å². The van der Waals surface area contributed by atoms with Gasteiger partial charge in [-0.15, -0.1) is 11.7 Å². The summed E-state index contributed by atoms with van der Waals surface area (Å²) in [7, 11) is 1.54. The van der Waals surface area contributed by atoms with Gasteiger partial charge in [-0.2, -0.15) is 0 Å². The van der Waals surface area contributed by atoms with E-state index in [1.807, 2.05) is 0 Å². The summed E-state index contributed by atoms with van der Waals surface area (Å²) in [6.07, 6.45) is 2.15. The summed E-state index contributed by atoms with van der Waals surface area (Å²) in [5, 5.41) is 0. The van der Waals surface area contributed by atoms with Gasteiger partial charge < -0.3 is 11.5 Å². The molecule has 0 heterocycles. The average Bonchev–Trinajstić information content (AvgIpc) is 1.87. The zero-order chi connectivity index (χ0) is 7.82. The molecule has 0 fully saturated rings. The van der Waals surface area contributed by atoms with Gasteiger partial charge in [0.2, 0.25) is 0 Å². The Labute approximate surface area is 70.5 Å². The lowest BCUT2D eigenvalue weighted by Crippen LogP contribution is -2.22. The van der Waals surface area contributed by atoms with Gasteiger partial charge in [-0.25, -0.2) is 0 Å². The van der Waals surface area contributed by atoms with Crippen molar-refractivity contribution in [1.82, 2.24) is 0 Å². The third kappa shape index (κ3) is 7.97. The van der Waals surface area contributed by atoms with E-state index < -0.39 is 0 Å². The highest BCUT2D eigenvalue weighted by molar-refractivity contribution is 8.68. The molecule has 0 aliphatic carbocycles. The van der Waals surface area contributed by atoms with E-state index in [9.17, 15) is 0 Å². The fraction of sp³-hybridized carbons (Fsp3) is 0.800. The minimum Gasteiger partial charge on any atom is -0.370 e. The molecule has 0 aromatic rings. The lowest BCUT2D eigenvalue weighted by Gasteiger charge is -1.94. The van der Waals surface area contributed by atoms with Gasteiger partial charge in [0, 0.05) is 12.3 Å². The number of thiol groups is 1. The summed E-state index contributed by atoms with van der Waals surface area (Å²) >= 11 is 3.99. The Morgan fingerprint density at radius 1 is 1.40 bits per heavy atom. The first-order chi connectivity index (χ1) is 4.77. The molecule has 0 spiro atoms. The molecule has 0 aromatic carbocycles. The number of hydrogen-bond donors (Lipinski definition) is 3. The van der Waals surface area contributed by atoms with E-state index in [1.165, 1.54) is 0 Å². The molecule has 0 saturated heterocycles. The van der Waals surface area contributed by atoms with Gasteiger partial charge >= 0.3 is 0 Å². The van der Waals surface area contributed by atoms with E-state index in [2.05, 4.69) is 16.7 Å². The maximum Gasteiger partial charge on any atom is 0.185 e. The molecule has 4 N–H and O–H groups in total. The monoisotopic (exact) mass is 179 g/mol. The van der Waals surface area contributed by atoms with Crippen molar-refractivity contribution < 1.29 is 0 Å². The van der Waals surface area contributed by atoms with E-state index >= 15 is 0 Å². The number of guanidine groups is 1. The van der Waals surface area contributed by atoms with Crippen LogP contribution in [0.3, 0.4) is 0 Å². The van der Waals surface area contributed by atoms with Gasteiger partial charge in [-0.05, 0) is 12.8 Å². The van der Waals surface area contributed by atoms with Gasteiger partial charge in [0.25, 0.3) is 0 Å². The Morgan fingerprint density at radius 2 is 2.10 bits per heavy atom. The van der Waals surface area contributed by atoms with Crippen molar-refractivity contribution in [3.05, 3.63) is 0 Å². The molecular formula is C5H13N3S2. The van der Waals surface area contributed by atoms with Crippen molar-refractivity contribution in [3.63, 3.8) is 0 Å². The molecule has 0 atom stereocenters. The number of hydrogen-bond acceptors (Lipinski definition) is 3. The summed E-state index contributed by atoms with van der Waals surface area (Å²) in [6, 6.07) is 0. The summed E-state index contributed by atoms with van der Waals surface area (Å²) < 4.78 is 0. The summed E-state index contributed by atoms with van der Waals surface area (Å²) in [5.41, 5.74) is 10.2. The van der Waals surface area contributed by atoms with Crippen molar-refractivity contribution >= 4 is 28.4 Å². The third-order valence-electron chi connectivity index (χ3n) is 0.938. The van der Waals surface area contributed by atoms with Crippen molar-refractivity contribution in [2.45, 2.75) is 12.8 Å². The Kier molecular flexibility index (Phi) is 7.06. The maximum atomic E-state index is 5.11. The number of nitrogens with two attached hydrogens (primary N) is 2. The first kappa shape index (κ1) is 9.97. The molecule has 3 nitrogen and oxygen atoms in total. The Balaban J connectivity index is 2.98. The normalized spacial score (nSPS) is 9.30. The zero-order valence-corrected chi connectivity index (χ0v) is 7.50. The molecule has 0 rings (SSSR count). The predicted octanol–water partition coefficient (Wildman–Crippen LogP) is 0.618. The standard InChI is InChI=1S/C5H13N3S2/c6-5(7)8-3-1-2-4-10-9/h9H,1-4H2,(H4,6,7,8). The highest BCUT2D eigenvalue weighted by atomic mass is 33.1. The van der Waals surface area contributed by atoms with Gasteiger partial charge in [0.1, 0.15) is 0 Å². The average molecular weight is 179 g/mol. The molecule has 0 bridgehead atoms. The second kappa shape index (κ2) is 7.08. The molecule has 0 aliphatic heterocycles. The summed E-state index contributed by atoms with van der Waals surface area (Å²) in [6.45, 7) is 0.733. The molecule has 0 aliphatic rings. The topological polar surface area (TPSA) is 64.4 Å². The SMILES string of the molecule is NC(N)=NCCCCSS. The van der Waals surface area contributed by atoms with E-state index in [0.29, 0.717) is 0 Å². The predicted molar refractivity (Wildman–Crippen MR) is 51.4 cm³/mol. The number of unbranched alkanes of at least 4 members (excludes halogenated alkanes) is 1. The second-order valence-electron chi connectivity index (χ2n) is 1.85. The fourth-order valence-electron chi connectivity index (χ4n) is 0.487. The number of rotatable bonds is 5. The quantitative estimate of drug-likeness (QED) is 0.190.